The number of nitrogens with one attached hydrogen (secondary N) is 1. The first-order valence-electron chi connectivity index (χ1n) is 5.63. The van der Waals surface area contributed by atoms with Crippen molar-refractivity contribution in [3.05, 3.63) is 51.1 Å². The first kappa shape index (κ1) is 13.4. The van der Waals surface area contributed by atoms with Crippen LogP contribution < -0.4 is 5.32 Å². The summed E-state index contributed by atoms with van der Waals surface area (Å²) >= 11 is 6.06. The maximum absolute atomic E-state index is 10.7. The molecule has 0 saturated heterocycles. The van der Waals surface area contributed by atoms with Crippen LogP contribution in [0.5, 0.6) is 0 Å². The van der Waals surface area contributed by atoms with Crippen molar-refractivity contribution in [2.24, 2.45) is 7.05 Å². The number of halogens is 1. The molecule has 0 radical (unpaired) electrons. The number of hydrogen-bond donors (Lipinski definition) is 1. The largest absolute Gasteiger partial charge is 0.376 e. The second-order valence-corrected chi connectivity index (χ2v) is 4.59. The Morgan fingerprint density at radius 1 is 1.53 bits per heavy atom. The number of imidazole rings is 1. The van der Waals surface area contributed by atoms with Gasteiger partial charge < -0.3 is 9.88 Å². The Kier molecular flexibility index (Phi) is 3.71. The Balaban J connectivity index is 2.21. The van der Waals surface area contributed by atoms with Gasteiger partial charge in [-0.1, -0.05) is 11.6 Å². The molecule has 0 amide bonds. The highest BCUT2D eigenvalue weighted by Crippen LogP contribution is 2.30. The molecular formula is C12H13ClN4O2. The fourth-order valence-electron chi connectivity index (χ4n) is 1.79. The van der Waals surface area contributed by atoms with E-state index in [2.05, 4.69) is 10.3 Å². The van der Waals surface area contributed by atoms with Gasteiger partial charge in [-0.2, -0.15) is 0 Å². The lowest BCUT2D eigenvalue weighted by Gasteiger charge is -2.11. The van der Waals surface area contributed by atoms with Crippen LogP contribution in [0.15, 0.2) is 24.5 Å². The van der Waals surface area contributed by atoms with E-state index in [1.54, 1.807) is 13.1 Å². The van der Waals surface area contributed by atoms with Gasteiger partial charge in [-0.25, -0.2) is 4.98 Å². The minimum absolute atomic E-state index is 0.00922. The van der Waals surface area contributed by atoms with E-state index in [0.717, 1.165) is 11.4 Å². The molecule has 19 heavy (non-hydrogen) atoms. The smallest absolute Gasteiger partial charge is 0.271 e. The van der Waals surface area contributed by atoms with Crippen LogP contribution in [-0.4, -0.2) is 14.5 Å². The van der Waals surface area contributed by atoms with Gasteiger partial charge in [-0.3, -0.25) is 10.1 Å². The Bertz CT molecular complexity index is 601. The van der Waals surface area contributed by atoms with E-state index in [0.29, 0.717) is 17.3 Å². The van der Waals surface area contributed by atoms with Crippen LogP contribution in [0.1, 0.15) is 11.4 Å². The molecular weight excluding hydrogens is 268 g/mol. The second kappa shape index (κ2) is 5.27. The van der Waals surface area contributed by atoms with E-state index in [9.17, 15) is 10.1 Å². The lowest BCUT2D eigenvalue weighted by Crippen LogP contribution is -2.07. The van der Waals surface area contributed by atoms with Crippen molar-refractivity contribution < 1.29 is 4.92 Å². The number of anilines is 1. The van der Waals surface area contributed by atoms with Crippen molar-refractivity contribution in [3.63, 3.8) is 0 Å². The van der Waals surface area contributed by atoms with E-state index in [1.165, 1.54) is 12.1 Å². The summed E-state index contributed by atoms with van der Waals surface area (Å²) in [4.78, 5) is 14.4. The third-order valence-electron chi connectivity index (χ3n) is 2.83. The molecule has 2 aromatic rings. The van der Waals surface area contributed by atoms with E-state index in [1.807, 2.05) is 17.8 Å². The van der Waals surface area contributed by atoms with Gasteiger partial charge in [0.1, 0.15) is 5.82 Å². The molecule has 0 aliphatic rings. The third-order valence-corrected chi connectivity index (χ3v) is 3.13. The molecule has 1 N–H and O–H groups in total. The van der Waals surface area contributed by atoms with Gasteiger partial charge in [0.15, 0.2) is 0 Å². The molecule has 0 aliphatic heterocycles. The standard InChI is InChI=1S/C12H13ClN4O2/c1-8-5-9(17(18)19)6-10(13)12(8)15-7-11-14-3-4-16(11)2/h3-6,15H,7H2,1-2H3. The van der Waals surface area contributed by atoms with Gasteiger partial charge in [0.2, 0.25) is 0 Å². The minimum atomic E-state index is -0.457. The fraction of sp³-hybridized carbons (Fsp3) is 0.250. The van der Waals surface area contributed by atoms with E-state index < -0.39 is 4.92 Å². The Morgan fingerprint density at radius 3 is 2.79 bits per heavy atom. The molecule has 2 rings (SSSR count). The van der Waals surface area contributed by atoms with Crippen molar-refractivity contribution in [1.82, 2.24) is 9.55 Å². The molecule has 1 aromatic heterocycles. The molecule has 0 atom stereocenters. The van der Waals surface area contributed by atoms with Crippen LogP contribution in [-0.2, 0) is 13.6 Å². The Labute approximate surface area is 115 Å². The van der Waals surface area contributed by atoms with Gasteiger partial charge in [-0.15, -0.1) is 0 Å². The minimum Gasteiger partial charge on any atom is -0.376 e. The van der Waals surface area contributed by atoms with Gasteiger partial charge in [0.05, 0.1) is 22.2 Å². The lowest BCUT2D eigenvalue weighted by molar-refractivity contribution is -0.384. The first-order valence-corrected chi connectivity index (χ1v) is 6.01. The van der Waals surface area contributed by atoms with Crippen molar-refractivity contribution in [2.75, 3.05) is 5.32 Å². The number of non-ortho nitro benzene ring substituents is 1. The lowest BCUT2D eigenvalue weighted by atomic mass is 10.1. The maximum atomic E-state index is 10.7. The summed E-state index contributed by atoms with van der Waals surface area (Å²) in [7, 11) is 1.90. The molecule has 0 aliphatic carbocycles. The van der Waals surface area contributed by atoms with Crippen LogP contribution in [0.3, 0.4) is 0 Å². The van der Waals surface area contributed by atoms with Crippen molar-refractivity contribution >= 4 is 23.0 Å². The first-order chi connectivity index (χ1) is 8.99. The number of aromatic nitrogens is 2. The number of aryl methyl sites for hydroxylation is 2. The monoisotopic (exact) mass is 280 g/mol. The Hall–Kier alpha value is -2.08. The topological polar surface area (TPSA) is 73.0 Å². The predicted octanol–water partition coefficient (Wildman–Crippen LogP) is 2.90. The number of nitro groups is 1. The average Bonchev–Trinajstić information content (AvgIpc) is 2.73. The zero-order valence-electron chi connectivity index (χ0n) is 10.6. The van der Waals surface area contributed by atoms with Gasteiger partial charge in [0.25, 0.3) is 5.69 Å². The van der Waals surface area contributed by atoms with Gasteiger partial charge in [0, 0.05) is 31.6 Å². The van der Waals surface area contributed by atoms with Crippen LogP contribution in [0, 0.1) is 17.0 Å². The van der Waals surface area contributed by atoms with E-state index in [-0.39, 0.29) is 5.69 Å². The van der Waals surface area contributed by atoms with E-state index in [4.69, 9.17) is 11.6 Å². The molecule has 0 spiro atoms. The van der Waals surface area contributed by atoms with Crippen LogP contribution in [0.25, 0.3) is 0 Å². The number of benzene rings is 1. The van der Waals surface area contributed by atoms with Crippen LogP contribution in [0.4, 0.5) is 11.4 Å². The quantitative estimate of drug-likeness (QED) is 0.690. The average molecular weight is 281 g/mol. The van der Waals surface area contributed by atoms with Gasteiger partial charge in [-0.05, 0) is 12.5 Å². The fourth-order valence-corrected chi connectivity index (χ4v) is 2.12. The highest BCUT2D eigenvalue weighted by atomic mass is 35.5. The summed E-state index contributed by atoms with van der Waals surface area (Å²) in [5, 5.41) is 14.2. The number of rotatable bonds is 4. The molecule has 0 unspecified atom stereocenters. The highest BCUT2D eigenvalue weighted by Gasteiger charge is 2.13. The third kappa shape index (κ3) is 2.85. The van der Waals surface area contributed by atoms with Crippen molar-refractivity contribution in [2.45, 2.75) is 13.5 Å². The molecule has 6 nitrogen and oxygen atoms in total. The molecule has 1 heterocycles. The van der Waals surface area contributed by atoms with Crippen molar-refractivity contribution in [3.8, 4) is 0 Å². The molecule has 7 heteroatoms. The molecule has 100 valence electrons. The van der Waals surface area contributed by atoms with Crippen LogP contribution in [0.2, 0.25) is 5.02 Å². The maximum Gasteiger partial charge on any atom is 0.271 e. The van der Waals surface area contributed by atoms with Crippen molar-refractivity contribution in [1.29, 1.82) is 0 Å². The van der Waals surface area contributed by atoms with E-state index >= 15 is 0 Å². The number of hydrogen-bond acceptors (Lipinski definition) is 4. The molecule has 1 aromatic carbocycles. The predicted molar refractivity (Wildman–Crippen MR) is 73.4 cm³/mol. The molecule has 0 bridgehead atoms. The molecule has 0 fully saturated rings. The normalized spacial score (nSPS) is 10.5. The second-order valence-electron chi connectivity index (χ2n) is 4.18. The number of nitro benzene ring substituents is 1. The highest BCUT2D eigenvalue weighted by molar-refractivity contribution is 6.33. The van der Waals surface area contributed by atoms with Gasteiger partial charge >= 0.3 is 0 Å². The molecule has 0 saturated carbocycles. The number of nitrogens with zero attached hydrogens (tertiary/aromatic N) is 3. The Morgan fingerprint density at radius 2 is 2.26 bits per heavy atom. The summed E-state index contributed by atoms with van der Waals surface area (Å²) in [5.41, 5.74) is 1.41. The summed E-state index contributed by atoms with van der Waals surface area (Å²) in [6.07, 6.45) is 3.56. The summed E-state index contributed by atoms with van der Waals surface area (Å²) in [6.45, 7) is 2.28. The summed E-state index contributed by atoms with van der Waals surface area (Å²) in [5.74, 6) is 0.855. The zero-order chi connectivity index (χ0) is 14.0. The zero-order valence-corrected chi connectivity index (χ0v) is 11.3. The summed E-state index contributed by atoms with van der Waals surface area (Å²) < 4.78 is 1.89. The summed E-state index contributed by atoms with van der Waals surface area (Å²) in [6, 6.07) is 2.84. The van der Waals surface area contributed by atoms with Crippen LogP contribution >= 0.6 is 11.6 Å². The SMILES string of the molecule is Cc1cc([N+](=O)[O-])cc(Cl)c1NCc1nccn1C.